The van der Waals surface area contributed by atoms with Crippen LogP contribution in [0.5, 0.6) is 0 Å². The minimum Gasteiger partial charge on any atom is -0.378 e. The fourth-order valence-electron chi connectivity index (χ4n) is 9.65. The van der Waals surface area contributed by atoms with Crippen LogP contribution in [0.15, 0.2) is 72.8 Å². The van der Waals surface area contributed by atoms with Crippen LogP contribution >= 0.6 is 0 Å². The van der Waals surface area contributed by atoms with Crippen molar-refractivity contribution in [3.63, 3.8) is 0 Å². The van der Waals surface area contributed by atoms with Crippen LogP contribution in [0, 0.1) is 113 Å². The molecule has 4 aromatic rings. The van der Waals surface area contributed by atoms with Crippen LogP contribution in [0.2, 0.25) is 0 Å². The van der Waals surface area contributed by atoms with Crippen molar-refractivity contribution in [3.05, 3.63) is 140 Å². The molecule has 6 aliphatic rings. The van der Waals surface area contributed by atoms with Crippen LogP contribution in [0.3, 0.4) is 0 Å². The molecule has 3 aliphatic heterocycles. The molecule has 4 nitrogen and oxygen atoms in total. The summed E-state index contributed by atoms with van der Waals surface area (Å²) in [4.78, 5) is 0. The lowest BCUT2D eigenvalue weighted by Gasteiger charge is -2.24. The molecular formula is C71H113BF3O4. The largest absolute Gasteiger partial charge is 0.378 e. The molecule has 79 heavy (non-hydrogen) atoms. The third-order valence-electron chi connectivity index (χ3n) is 15.8. The average molecular weight is 1100 g/mol. The van der Waals surface area contributed by atoms with Gasteiger partial charge in [0, 0.05) is 33.1 Å². The maximum Gasteiger partial charge on any atom is 0.154 e. The van der Waals surface area contributed by atoms with Gasteiger partial charge in [0.2, 0.25) is 0 Å². The summed E-state index contributed by atoms with van der Waals surface area (Å²) < 4.78 is 58.9. The highest BCUT2D eigenvalue weighted by molar-refractivity contribution is 5.75. The van der Waals surface area contributed by atoms with E-state index in [4.69, 9.17) is 18.9 Å². The van der Waals surface area contributed by atoms with E-state index in [9.17, 15) is 13.2 Å². The number of hydrogen-bond acceptors (Lipinski definition) is 4. The number of fused-ring (bicyclic) bond motifs is 1. The van der Waals surface area contributed by atoms with Gasteiger partial charge < -0.3 is 18.9 Å². The van der Waals surface area contributed by atoms with Crippen molar-refractivity contribution < 1.29 is 32.1 Å². The minimum absolute atomic E-state index is 0. The highest BCUT2D eigenvalue weighted by Gasteiger charge is 2.18. The molecule has 3 saturated heterocycles. The zero-order chi connectivity index (χ0) is 58.3. The minimum atomic E-state index is -0.475. The fourth-order valence-corrected chi connectivity index (χ4v) is 9.65. The summed E-state index contributed by atoms with van der Waals surface area (Å²) in [7, 11) is 0. The molecular weight excluding hydrogens is 985 g/mol. The lowest BCUT2D eigenvalue weighted by atomic mass is 9.84. The third kappa shape index (κ3) is 34.6. The van der Waals surface area contributed by atoms with Crippen molar-refractivity contribution in [1.82, 2.24) is 0 Å². The van der Waals surface area contributed by atoms with Gasteiger partial charge in [-0.05, 0) is 195 Å². The molecule has 445 valence electrons. The predicted octanol–water partition coefficient (Wildman–Crippen LogP) is 20.0. The van der Waals surface area contributed by atoms with Gasteiger partial charge in [0.25, 0.3) is 0 Å². The molecule has 4 aromatic carbocycles. The maximum absolute atomic E-state index is 12.6. The van der Waals surface area contributed by atoms with Crippen molar-refractivity contribution in [2.75, 3.05) is 26.4 Å². The van der Waals surface area contributed by atoms with Gasteiger partial charge in [0.1, 0.15) is 17.5 Å². The topological polar surface area (TPSA) is 36.9 Å². The smallest absolute Gasteiger partial charge is 0.154 e. The Morgan fingerprint density at radius 2 is 0.646 bits per heavy atom. The Bertz CT molecular complexity index is 1950. The van der Waals surface area contributed by atoms with Gasteiger partial charge in [-0.25, -0.2) is 13.2 Å². The zero-order valence-electron chi connectivity index (χ0n) is 53.4. The molecule has 0 amide bonds. The predicted molar refractivity (Wildman–Crippen MR) is 333 cm³/mol. The SMILES string of the molecule is CC1CCC(C)CC1.CC1CCC(C)CC1.CC1CCC(C)OC1.CC1CCC(C)OC1.CC1COC(C)OC1.Cc1cc(F)c(C)c(F)c1.Cc1ccc(C)c(F)c1.Cc1ccc(C)cc1.Cc1ccc2c(c1)CC(C)C2.[B]. The van der Waals surface area contributed by atoms with Crippen LogP contribution in [-0.2, 0) is 31.8 Å². The first-order valence-corrected chi connectivity index (χ1v) is 30.5. The van der Waals surface area contributed by atoms with Gasteiger partial charge in [-0.1, -0.05) is 178 Å². The normalized spacial score (nSPS) is 26.5. The molecule has 8 heteroatoms. The van der Waals surface area contributed by atoms with Crippen molar-refractivity contribution in [2.24, 2.45) is 47.3 Å². The first-order valence-electron chi connectivity index (χ1n) is 30.5. The number of benzene rings is 4. The van der Waals surface area contributed by atoms with E-state index < -0.39 is 11.6 Å². The second kappa shape index (κ2) is 40.7. The van der Waals surface area contributed by atoms with E-state index in [0.29, 0.717) is 29.3 Å². The van der Waals surface area contributed by atoms with Crippen molar-refractivity contribution >= 4 is 8.41 Å². The molecule has 10 rings (SSSR count). The van der Waals surface area contributed by atoms with E-state index in [1.54, 1.807) is 31.0 Å². The summed E-state index contributed by atoms with van der Waals surface area (Å²) in [5, 5.41) is 0. The Kier molecular flexibility index (Phi) is 37.9. The lowest BCUT2D eigenvalue weighted by Crippen LogP contribution is -2.27. The van der Waals surface area contributed by atoms with E-state index in [-0.39, 0.29) is 26.1 Å². The van der Waals surface area contributed by atoms with E-state index in [0.717, 1.165) is 73.4 Å². The zero-order valence-corrected chi connectivity index (χ0v) is 53.4. The van der Waals surface area contributed by atoms with Crippen LogP contribution in [0.1, 0.15) is 203 Å². The summed E-state index contributed by atoms with van der Waals surface area (Å²) in [6.45, 7) is 41.3. The molecule has 0 aromatic heterocycles. The molecule has 0 N–H and O–H groups in total. The van der Waals surface area contributed by atoms with Crippen LogP contribution in [-0.4, -0.2) is 53.3 Å². The van der Waals surface area contributed by atoms with E-state index in [1.807, 2.05) is 19.9 Å². The Morgan fingerprint density at radius 1 is 0.316 bits per heavy atom. The number of ether oxygens (including phenoxy) is 4. The van der Waals surface area contributed by atoms with E-state index in [2.05, 4.69) is 132 Å². The molecule has 0 bridgehead atoms. The molecule has 5 unspecified atom stereocenters. The maximum atomic E-state index is 12.6. The van der Waals surface area contributed by atoms with Gasteiger partial charge in [-0.15, -0.1) is 0 Å². The number of rotatable bonds is 0. The van der Waals surface area contributed by atoms with Crippen molar-refractivity contribution in [3.8, 4) is 0 Å². The number of hydrogen-bond donors (Lipinski definition) is 0. The molecule has 3 heterocycles. The summed E-state index contributed by atoms with van der Waals surface area (Å²) >= 11 is 0. The van der Waals surface area contributed by atoms with Crippen molar-refractivity contribution in [1.29, 1.82) is 0 Å². The quantitative estimate of drug-likeness (QED) is 0.164. The molecule has 3 radical (unpaired) electrons. The molecule has 5 fully saturated rings. The van der Waals surface area contributed by atoms with E-state index >= 15 is 0 Å². The third-order valence-corrected chi connectivity index (χ3v) is 15.8. The second-order valence-electron chi connectivity index (χ2n) is 25.3. The van der Waals surface area contributed by atoms with Crippen molar-refractivity contribution in [2.45, 2.75) is 233 Å². The first-order chi connectivity index (χ1) is 36.8. The summed E-state index contributed by atoms with van der Waals surface area (Å²) in [6.07, 6.45) is 20.6. The number of halogens is 3. The van der Waals surface area contributed by atoms with Crippen LogP contribution < -0.4 is 0 Å². The summed E-state index contributed by atoms with van der Waals surface area (Å²) in [5.41, 5.74) is 9.59. The highest BCUT2D eigenvalue weighted by Crippen LogP contribution is 2.29. The number of aryl methyl sites for hydroxylation is 6. The van der Waals surface area contributed by atoms with Crippen LogP contribution in [0.4, 0.5) is 13.2 Å². The Labute approximate surface area is 485 Å². The summed E-state index contributed by atoms with van der Waals surface area (Å²) in [5.74, 6) is 6.05. The Hall–Kier alpha value is -3.43. The highest BCUT2D eigenvalue weighted by atomic mass is 19.1. The average Bonchev–Trinajstić information content (AvgIpc) is 3.78. The molecule has 3 aliphatic carbocycles. The second-order valence-corrected chi connectivity index (χ2v) is 25.3. The lowest BCUT2D eigenvalue weighted by molar-refractivity contribution is -0.187. The molecule has 2 saturated carbocycles. The standard InChI is InChI=1S/C11H14.C8H8F2.C8H9F.2C8H16.C8H10.2C7H14O.C6H12O2.B/c1-8-3-4-10-6-9(2)7-11(10)5-8;1-5-3-7(9)6(2)8(10)4-5;1-6-3-4-7(2)8(9)5-6;3*1-7-3-5-8(2)6-4-7;2*1-6-3-4-7(2)8-5-6;1-5-3-7-6(2)8-4-5;/h3-5,9H,6-7H2,1-2H3;3-4H,1-2H3;3-5H,1-2H3;2*7-8H,3-6H2,1-2H3;3-6H,1-2H3;2*6-7H,3-5H2,1-2H3;5-6H,3-4H2,1-2H3;. The Morgan fingerprint density at radius 3 is 0.987 bits per heavy atom. The summed E-state index contributed by atoms with van der Waals surface area (Å²) in [6, 6.07) is 23.2. The monoisotopic (exact) mass is 1100 g/mol. The Balaban J connectivity index is 0.000000445. The van der Waals surface area contributed by atoms with E-state index in [1.165, 1.54) is 132 Å². The first kappa shape index (κ1) is 73.6. The molecule has 0 spiro atoms. The van der Waals surface area contributed by atoms with Gasteiger partial charge in [-0.3, -0.25) is 0 Å². The van der Waals surface area contributed by atoms with Gasteiger partial charge in [0.15, 0.2) is 6.29 Å². The van der Waals surface area contributed by atoms with Crippen LogP contribution in [0.25, 0.3) is 0 Å². The van der Waals surface area contributed by atoms with Gasteiger partial charge >= 0.3 is 0 Å². The fraction of sp³-hybridized carbons (Fsp3) is 0.662. The van der Waals surface area contributed by atoms with Gasteiger partial charge in [-0.2, -0.15) is 0 Å². The molecule has 5 atom stereocenters. The van der Waals surface area contributed by atoms with Gasteiger partial charge in [0.05, 0.1) is 25.4 Å².